The minimum absolute atomic E-state index is 0.0759. The van der Waals surface area contributed by atoms with Gasteiger partial charge in [-0.25, -0.2) is 4.98 Å². The summed E-state index contributed by atoms with van der Waals surface area (Å²) in [4.78, 5) is 32.1. The van der Waals surface area contributed by atoms with Gasteiger partial charge in [0.05, 0.1) is 25.6 Å². The Kier molecular flexibility index (Phi) is 6.30. The van der Waals surface area contributed by atoms with E-state index in [1.807, 2.05) is 26.0 Å². The van der Waals surface area contributed by atoms with Gasteiger partial charge < -0.3 is 14.8 Å². The number of methoxy groups -OCH3 is 2. The van der Waals surface area contributed by atoms with E-state index >= 15 is 0 Å². The zero-order valence-corrected chi connectivity index (χ0v) is 19.1. The number of ether oxygens (including phenoxy) is 2. The number of hydrogen-bond acceptors (Lipinski definition) is 6. The molecule has 0 atom stereocenters. The van der Waals surface area contributed by atoms with Crippen LogP contribution in [0.4, 0.5) is 5.82 Å². The fourth-order valence-corrected chi connectivity index (χ4v) is 3.38. The van der Waals surface area contributed by atoms with Gasteiger partial charge in [-0.1, -0.05) is 19.9 Å². The minimum atomic E-state index is -0.337. The maximum atomic E-state index is 12.7. The second-order valence-corrected chi connectivity index (χ2v) is 8.23. The molecular weight excluding hydrogens is 422 g/mol. The van der Waals surface area contributed by atoms with Crippen LogP contribution in [0.1, 0.15) is 55.5 Å². The molecule has 2 heterocycles. The number of anilines is 1. The van der Waals surface area contributed by atoms with E-state index in [0.29, 0.717) is 28.9 Å². The normalized spacial score (nSPS) is 13.5. The standard InChI is InChI=1S/C24H27N5O4/c1-14(2)17-13-23(31)27-24(25-17)29-21(12-18(28-29)16-7-8-16)26-22(30)10-6-15-5-9-19(32-3)20(11-15)33-4/h5-6,9-14,16H,7-8H2,1-4H3,(H,26,30)(H,25,27,31)/b10-6-. The van der Waals surface area contributed by atoms with Gasteiger partial charge in [0.2, 0.25) is 11.9 Å². The summed E-state index contributed by atoms with van der Waals surface area (Å²) in [6, 6.07) is 8.69. The molecule has 1 saturated carbocycles. The number of aromatic amines is 1. The van der Waals surface area contributed by atoms with Gasteiger partial charge >= 0.3 is 0 Å². The van der Waals surface area contributed by atoms with Gasteiger partial charge in [0.15, 0.2) is 11.5 Å². The van der Waals surface area contributed by atoms with E-state index < -0.39 is 0 Å². The van der Waals surface area contributed by atoms with Crippen molar-refractivity contribution in [1.29, 1.82) is 0 Å². The van der Waals surface area contributed by atoms with Crippen LogP contribution in [0.15, 0.2) is 41.2 Å². The maximum absolute atomic E-state index is 12.7. The monoisotopic (exact) mass is 449 g/mol. The van der Waals surface area contributed by atoms with Crippen LogP contribution in [0.3, 0.4) is 0 Å². The zero-order chi connectivity index (χ0) is 23.5. The van der Waals surface area contributed by atoms with Crippen molar-refractivity contribution in [3.05, 3.63) is 63.7 Å². The molecule has 1 fully saturated rings. The molecule has 172 valence electrons. The average molecular weight is 450 g/mol. The Balaban J connectivity index is 1.60. The van der Waals surface area contributed by atoms with E-state index in [-0.39, 0.29) is 23.3 Å². The minimum Gasteiger partial charge on any atom is -0.493 e. The van der Waals surface area contributed by atoms with Crippen molar-refractivity contribution in [2.24, 2.45) is 0 Å². The molecule has 33 heavy (non-hydrogen) atoms. The first kappa shape index (κ1) is 22.3. The summed E-state index contributed by atoms with van der Waals surface area (Å²) >= 11 is 0. The highest BCUT2D eigenvalue weighted by molar-refractivity contribution is 6.01. The third-order valence-corrected chi connectivity index (χ3v) is 5.35. The van der Waals surface area contributed by atoms with Crippen molar-refractivity contribution >= 4 is 17.8 Å². The van der Waals surface area contributed by atoms with Crippen LogP contribution in [0.2, 0.25) is 0 Å². The molecule has 9 heteroatoms. The van der Waals surface area contributed by atoms with Crippen LogP contribution in [-0.2, 0) is 4.79 Å². The molecule has 3 aromatic rings. The molecular formula is C24H27N5O4. The molecule has 1 aliphatic carbocycles. The van der Waals surface area contributed by atoms with E-state index in [0.717, 1.165) is 24.1 Å². The molecule has 4 rings (SSSR count). The number of rotatable bonds is 8. The lowest BCUT2D eigenvalue weighted by atomic mass is 10.1. The predicted octanol–water partition coefficient (Wildman–Crippen LogP) is 3.63. The molecule has 0 aliphatic heterocycles. The Morgan fingerprint density at radius 1 is 1.18 bits per heavy atom. The first-order valence-corrected chi connectivity index (χ1v) is 10.8. The largest absolute Gasteiger partial charge is 0.493 e. The van der Waals surface area contributed by atoms with E-state index in [9.17, 15) is 9.59 Å². The van der Waals surface area contributed by atoms with Crippen LogP contribution in [-0.4, -0.2) is 39.9 Å². The first-order valence-electron chi connectivity index (χ1n) is 10.8. The first-order chi connectivity index (χ1) is 15.9. The molecule has 0 radical (unpaired) electrons. The lowest BCUT2D eigenvalue weighted by molar-refractivity contribution is -0.111. The number of hydrogen-bond donors (Lipinski definition) is 2. The molecule has 0 bridgehead atoms. The molecule has 1 amide bonds. The van der Waals surface area contributed by atoms with Crippen molar-refractivity contribution in [2.75, 3.05) is 19.5 Å². The third-order valence-electron chi connectivity index (χ3n) is 5.35. The number of benzene rings is 1. The van der Waals surface area contributed by atoms with Crippen molar-refractivity contribution in [1.82, 2.24) is 19.7 Å². The van der Waals surface area contributed by atoms with E-state index in [1.54, 1.807) is 32.4 Å². The Labute approximate surface area is 191 Å². The van der Waals surface area contributed by atoms with Crippen LogP contribution < -0.4 is 20.3 Å². The van der Waals surface area contributed by atoms with Crippen LogP contribution in [0, 0.1) is 0 Å². The molecule has 0 saturated heterocycles. The summed E-state index contributed by atoms with van der Waals surface area (Å²) < 4.78 is 12.0. The lowest BCUT2D eigenvalue weighted by Gasteiger charge is -2.09. The maximum Gasteiger partial charge on any atom is 0.252 e. The summed E-state index contributed by atoms with van der Waals surface area (Å²) in [5.41, 5.74) is 2.04. The summed E-state index contributed by atoms with van der Waals surface area (Å²) in [7, 11) is 3.13. The van der Waals surface area contributed by atoms with Gasteiger partial charge in [-0.3, -0.25) is 14.6 Å². The number of H-pyrrole nitrogens is 1. The van der Waals surface area contributed by atoms with Crippen molar-refractivity contribution in [3.8, 4) is 17.4 Å². The van der Waals surface area contributed by atoms with Gasteiger partial charge in [-0.15, -0.1) is 0 Å². The van der Waals surface area contributed by atoms with Crippen molar-refractivity contribution < 1.29 is 14.3 Å². The van der Waals surface area contributed by atoms with Crippen LogP contribution >= 0.6 is 0 Å². The smallest absolute Gasteiger partial charge is 0.252 e. The molecule has 1 aromatic carbocycles. The van der Waals surface area contributed by atoms with Crippen molar-refractivity contribution in [2.45, 2.75) is 38.5 Å². The number of carbonyl (C=O) groups is 1. The second-order valence-electron chi connectivity index (χ2n) is 8.23. The van der Waals surface area contributed by atoms with E-state index in [1.165, 1.54) is 16.8 Å². The highest BCUT2D eigenvalue weighted by atomic mass is 16.5. The molecule has 0 spiro atoms. The summed E-state index contributed by atoms with van der Waals surface area (Å²) in [5.74, 6) is 2.01. The number of nitrogens with zero attached hydrogens (tertiary/aromatic N) is 3. The highest BCUT2D eigenvalue weighted by Gasteiger charge is 2.28. The second kappa shape index (κ2) is 9.32. The van der Waals surface area contributed by atoms with Crippen LogP contribution in [0.5, 0.6) is 11.5 Å². The molecule has 2 N–H and O–H groups in total. The summed E-state index contributed by atoms with van der Waals surface area (Å²) in [6.45, 7) is 3.93. The SMILES string of the molecule is COc1ccc(/C=C\C(=O)Nc2cc(C3CC3)nn2-c2nc(C(C)C)cc(=O)[nH]2)cc1OC. The zero-order valence-electron chi connectivity index (χ0n) is 19.1. The van der Waals surface area contributed by atoms with Gasteiger partial charge in [0.25, 0.3) is 5.56 Å². The van der Waals surface area contributed by atoms with E-state index in [4.69, 9.17) is 9.47 Å². The summed E-state index contributed by atoms with van der Waals surface area (Å²) in [6.07, 6.45) is 5.22. The van der Waals surface area contributed by atoms with Gasteiger partial charge in [0.1, 0.15) is 5.82 Å². The number of carbonyl (C=O) groups excluding carboxylic acids is 1. The lowest BCUT2D eigenvalue weighted by Crippen LogP contribution is -2.18. The van der Waals surface area contributed by atoms with Gasteiger partial charge in [-0.2, -0.15) is 9.78 Å². The number of nitrogens with one attached hydrogen (secondary N) is 2. The summed E-state index contributed by atoms with van der Waals surface area (Å²) in [5, 5.41) is 7.47. The average Bonchev–Trinajstić information content (AvgIpc) is 3.57. The quantitative estimate of drug-likeness (QED) is 0.508. The fraction of sp³-hybridized carbons (Fsp3) is 0.333. The van der Waals surface area contributed by atoms with E-state index in [2.05, 4.69) is 20.4 Å². The Morgan fingerprint density at radius 2 is 1.94 bits per heavy atom. The predicted molar refractivity (Wildman–Crippen MR) is 125 cm³/mol. The highest BCUT2D eigenvalue weighted by Crippen LogP contribution is 2.40. The fourth-order valence-electron chi connectivity index (χ4n) is 3.38. The third kappa shape index (κ3) is 5.14. The Morgan fingerprint density at radius 3 is 2.61 bits per heavy atom. The topological polar surface area (TPSA) is 111 Å². The molecule has 0 unspecified atom stereocenters. The van der Waals surface area contributed by atoms with Gasteiger partial charge in [0, 0.05) is 24.1 Å². The Hall–Kier alpha value is -3.88. The Bertz CT molecular complexity index is 1250. The number of aromatic nitrogens is 4. The van der Waals surface area contributed by atoms with Gasteiger partial charge in [-0.05, 0) is 42.5 Å². The molecule has 1 aliphatic rings. The number of amides is 1. The molecule has 2 aromatic heterocycles. The van der Waals surface area contributed by atoms with Crippen molar-refractivity contribution in [3.63, 3.8) is 0 Å². The molecule has 9 nitrogen and oxygen atoms in total. The van der Waals surface area contributed by atoms with Crippen LogP contribution in [0.25, 0.3) is 12.0 Å².